The highest BCUT2D eigenvalue weighted by Gasteiger charge is 2.30. The number of hydrogen-bond acceptors (Lipinski definition) is 4. The van der Waals surface area contributed by atoms with Gasteiger partial charge in [-0.2, -0.15) is 13.2 Å². The molecule has 1 aliphatic heterocycles. The van der Waals surface area contributed by atoms with E-state index in [2.05, 4.69) is 17.0 Å². The number of piperazine rings is 1. The Bertz CT molecular complexity index is 830. The Morgan fingerprint density at radius 3 is 2.27 bits per heavy atom. The zero-order valence-corrected chi connectivity index (χ0v) is 16.8. The maximum absolute atomic E-state index is 12.6. The number of amides is 1. The second-order valence-corrected chi connectivity index (χ2v) is 7.30. The molecular formula is C22H25F3N2O3. The van der Waals surface area contributed by atoms with Gasteiger partial charge in [-0.15, -0.1) is 0 Å². The molecule has 1 heterocycles. The molecule has 30 heavy (non-hydrogen) atoms. The molecule has 0 aromatic heterocycles. The number of para-hydroxylation sites is 2. The van der Waals surface area contributed by atoms with E-state index in [0.717, 1.165) is 19.6 Å². The van der Waals surface area contributed by atoms with E-state index in [-0.39, 0.29) is 30.1 Å². The Hall–Kier alpha value is -2.74. The SMILES string of the molecule is CC1CN(Cc2ccccc2)CCN1C(=O)COc1ccccc1OCC(F)(F)F. The molecule has 0 radical (unpaired) electrons. The fraction of sp³-hybridized carbons (Fsp3) is 0.409. The maximum atomic E-state index is 12.6. The molecule has 2 aromatic rings. The number of ether oxygens (including phenoxy) is 2. The van der Waals surface area contributed by atoms with Crippen LogP contribution in [0.3, 0.4) is 0 Å². The maximum Gasteiger partial charge on any atom is 0.422 e. The van der Waals surface area contributed by atoms with Gasteiger partial charge < -0.3 is 14.4 Å². The lowest BCUT2D eigenvalue weighted by atomic mass is 10.1. The first-order valence-corrected chi connectivity index (χ1v) is 9.79. The average molecular weight is 422 g/mol. The van der Waals surface area contributed by atoms with Gasteiger partial charge in [0.25, 0.3) is 5.91 Å². The van der Waals surface area contributed by atoms with Gasteiger partial charge in [0.15, 0.2) is 24.7 Å². The number of nitrogens with zero attached hydrogens (tertiary/aromatic N) is 2. The minimum Gasteiger partial charge on any atom is -0.480 e. The molecule has 0 bridgehead atoms. The first-order valence-electron chi connectivity index (χ1n) is 9.79. The van der Waals surface area contributed by atoms with Crippen molar-refractivity contribution in [2.24, 2.45) is 0 Å². The Labute approximate surface area is 174 Å². The summed E-state index contributed by atoms with van der Waals surface area (Å²) in [7, 11) is 0. The van der Waals surface area contributed by atoms with Crippen LogP contribution in [0.25, 0.3) is 0 Å². The van der Waals surface area contributed by atoms with E-state index in [1.807, 2.05) is 25.1 Å². The van der Waals surface area contributed by atoms with Gasteiger partial charge in [-0.05, 0) is 24.6 Å². The van der Waals surface area contributed by atoms with Crippen molar-refractivity contribution in [3.05, 3.63) is 60.2 Å². The topological polar surface area (TPSA) is 42.0 Å². The number of rotatable bonds is 7. The summed E-state index contributed by atoms with van der Waals surface area (Å²) in [6.45, 7) is 3.20. The fourth-order valence-electron chi connectivity index (χ4n) is 3.46. The molecule has 2 aromatic carbocycles. The first kappa shape index (κ1) is 22.0. The Morgan fingerprint density at radius 2 is 1.63 bits per heavy atom. The lowest BCUT2D eigenvalue weighted by molar-refractivity contribution is -0.153. The summed E-state index contributed by atoms with van der Waals surface area (Å²) in [5, 5.41) is 0. The van der Waals surface area contributed by atoms with Gasteiger partial charge in [0.2, 0.25) is 0 Å². The van der Waals surface area contributed by atoms with Crippen LogP contribution in [0.15, 0.2) is 54.6 Å². The van der Waals surface area contributed by atoms with Crippen LogP contribution in [0.5, 0.6) is 11.5 Å². The summed E-state index contributed by atoms with van der Waals surface area (Å²) in [5.41, 5.74) is 1.23. The van der Waals surface area contributed by atoms with E-state index in [4.69, 9.17) is 9.47 Å². The lowest BCUT2D eigenvalue weighted by Gasteiger charge is -2.39. The summed E-state index contributed by atoms with van der Waals surface area (Å²) < 4.78 is 47.5. The highest BCUT2D eigenvalue weighted by Crippen LogP contribution is 2.28. The van der Waals surface area contributed by atoms with E-state index >= 15 is 0 Å². The van der Waals surface area contributed by atoms with Crippen molar-refractivity contribution >= 4 is 5.91 Å². The predicted molar refractivity (Wildman–Crippen MR) is 106 cm³/mol. The number of benzene rings is 2. The Morgan fingerprint density at radius 1 is 1.00 bits per heavy atom. The Kier molecular flexibility index (Phi) is 7.20. The molecule has 3 rings (SSSR count). The minimum atomic E-state index is -4.45. The van der Waals surface area contributed by atoms with Crippen LogP contribution in [0.2, 0.25) is 0 Å². The van der Waals surface area contributed by atoms with Crippen molar-refractivity contribution in [1.29, 1.82) is 0 Å². The molecule has 0 spiro atoms. The van der Waals surface area contributed by atoms with Crippen molar-refractivity contribution in [2.75, 3.05) is 32.8 Å². The van der Waals surface area contributed by atoms with Gasteiger partial charge in [-0.3, -0.25) is 9.69 Å². The van der Waals surface area contributed by atoms with Gasteiger partial charge in [-0.1, -0.05) is 42.5 Å². The monoisotopic (exact) mass is 422 g/mol. The molecule has 5 nitrogen and oxygen atoms in total. The molecule has 0 aliphatic carbocycles. The molecule has 162 valence electrons. The molecule has 1 saturated heterocycles. The van der Waals surface area contributed by atoms with Gasteiger partial charge in [0.05, 0.1) is 0 Å². The van der Waals surface area contributed by atoms with Crippen molar-refractivity contribution in [2.45, 2.75) is 25.7 Å². The molecule has 1 atom stereocenters. The normalized spacial score (nSPS) is 17.6. The number of alkyl halides is 3. The van der Waals surface area contributed by atoms with Crippen molar-refractivity contribution in [3.63, 3.8) is 0 Å². The molecule has 0 N–H and O–H groups in total. The number of hydrogen-bond donors (Lipinski definition) is 0. The van der Waals surface area contributed by atoms with E-state index < -0.39 is 12.8 Å². The summed E-state index contributed by atoms with van der Waals surface area (Å²) in [6, 6.07) is 16.2. The molecule has 1 unspecified atom stereocenters. The fourth-order valence-corrected chi connectivity index (χ4v) is 3.46. The Balaban J connectivity index is 1.51. The van der Waals surface area contributed by atoms with Crippen LogP contribution in [-0.2, 0) is 11.3 Å². The van der Waals surface area contributed by atoms with Gasteiger partial charge in [-0.25, -0.2) is 0 Å². The number of carbonyl (C=O) groups is 1. The summed E-state index contributed by atoms with van der Waals surface area (Å²) in [5.74, 6) is -0.124. The van der Waals surface area contributed by atoms with Crippen molar-refractivity contribution in [3.8, 4) is 11.5 Å². The van der Waals surface area contributed by atoms with E-state index in [1.54, 1.807) is 17.0 Å². The van der Waals surface area contributed by atoms with Crippen molar-refractivity contribution in [1.82, 2.24) is 9.80 Å². The molecular weight excluding hydrogens is 397 g/mol. The third-order valence-corrected chi connectivity index (χ3v) is 4.87. The first-order chi connectivity index (χ1) is 14.3. The third kappa shape index (κ3) is 6.38. The third-order valence-electron chi connectivity index (χ3n) is 4.87. The van der Waals surface area contributed by atoms with Crippen LogP contribution in [0.4, 0.5) is 13.2 Å². The highest BCUT2D eigenvalue weighted by molar-refractivity contribution is 5.78. The number of halogens is 3. The van der Waals surface area contributed by atoms with Gasteiger partial charge >= 0.3 is 6.18 Å². The highest BCUT2D eigenvalue weighted by atomic mass is 19.4. The molecule has 1 fully saturated rings. The van der Waals surface area contributed by atoms with Gasteiger partial charge in [0.1, 0.15) is 0 Å². The van der Waals surface area contributed by atoms with E-state index in [9.17, 15) is 18.0 Å². The average Bonchev–Trinajstić information content (AvgIpc) is 2.71. The van der Waals surface area contributed by atoms with Crippen LogP contribution in [-0.4, -0.2) is 60.8 Å². The minimum absolute atomic E-state index is 0.00952. The quantitative estimate of drug-likeness (QED) is 0.682. The zero-order chi connectivity index (χ0) is 21.6. The molecule has 0 saturated carbocycles. The van der Waals surface area contributed by atoms with Crippen molar-refractivity contribution < 1.29 is 27.4 Å². The lowest BCUT2D eigenvalue weighted by Crippen LogP contribution is -2.54. The summed E-state index contributed by atoms with van der Waals surface area (Å²) >= 11 is 0. The molecule has 1 amide bonds. The number of carbonyl (C=O) groups excluding carboxylic acids is 1. The molecule has 8 heteroatoms. The standard InChI is InChI=1S/C22H25F3N2O3/c1-17-13-26(14-18-7-3-2-4-8-18)11-12-27(17)21(28)15-29-19-9-5-6-10-20(19)30-16-22(23,24)25/h2-10,17H,11-16H2,1H3. The van der Waals surface area contributed by atoms with E-state index in [0.29, 0.717) is 6.54 Å². The van der Waals surface area contributed by atoms with Crippen LogP contribution in [0, 0.1) is 0 Å². The van der Waals surface area contributed by atoms with Crippen LogP contribution < -0.4 is 9.47 Å². The van der Waals surface area contributed by atoms with E-state index in [1.165, 1.54) is 17.7 Å². The van der Waals surface area contributed by atoms with Crippen LogP contribution in [0.1, 0.15) is 12.5 Å². The zero-order valence-electron chi connectivity index (χ0n) is 16.8. The molecule has 1 aliphatic rings. The summed E-state index contributed by atoms with van der Waals surface area (Å²) in [6.07, 6.45) is -4.45. The second kappa shape index (κ2) is 9.84. The predicted octanol–water partition coefficient (Wildman–Crippen LogP) is 3.74. The van der Waals surface area contributed by atoms with Crippen LogP contribution >= 0.6 is 0 Å². The summed E-state index contributed by atoms with van der Waals surface area (Å²) in [4.78, 5) is 16.7. The second-order valence-electron chi connectivity index (χ2n) is 7.30. The largest absolute Gasteiger partial charge is 0.480 e. The smallest absolute Gasteiger partial charge is 0.422 e. The van der Waals surface area contributed by atoms with Gasteiger partial charge in [0, 0.05) is 32.2 Å².